The summed E-state index contributed by atoms with van der Waals surface area (Å²) in [4.78, 5) is 71.4. The molecule has 1 unspecified atom stereocenters. The van der Waals surface area contributed by atoms with Crippen LogP contribution in [0.1, 0.15) is 74.9 Å². The zero-order chi connectivity index (χ0) is 43.5. The summed E-state index contributed by atoms with van der Waals surface area (Å²) in [5, 5.41) is 7.36. The standard InChI is InChI=1S/C47H49FN8O6/c1-27(2)40(53-46(59)61-3)44(57)55-21-7-11-38(55)43-50-26-37(52-43)33-20-19-31-23-30(17-18-32(31)24-33)28-13-15-29(16-14-28)36-25-49-42(51-36)39-12-8-22-56(39)45(58)41(54-47(60)62-4)34-9-5-6-10-35(34)48/h5-6,9-10,13-20,23-27,38-41H,7-8,11-12,21-22H2,1-4H3,(H,49,51)(H,50,52)(H,53,59)(H,54,60)/t38-,39-,40?,41+/m0/s1. The second kappa shape index (κ2) is 17.9. The minimum atomic E-state index is -1.26. The van der Waals surface area contributed by atoms with Crippen LogP contribution in [0.4, 0.5) is 14.0 Å². The first-order valence-electron chi connectivity index (χ1n) is 20.8. The van der Waals surface area contributed by atoms with Gasteiger partial charge in [0, 0.05) is 24.2 Å². The van der Waals surface area contributed by atoms with E-state index in [-0.39, 0.29) is 29.5 Å². The Labute approximate surface area is 358 Å². The van der Waals surface area contributed by atoms with Crippen molar-refractivity contribution in [1.29, 1.82) is 0 Å². The summed E-state index contributed by atoms with van der Waals surface area (Å²) >= 11 is 0. The molecule has 15 heteroatoms. The minimum absolute atomic E-state index is 0.0604. The number of nitrogens with one attached hydrogen (secondary N) is 4. The van der Waals surface area contributed by atoms with Crippen LogP contribution in [-0.2, 0) is 19.1 Å². The van der Waals surface area contributed by atoms with E-state index in [9.17, 15) is 23.6 Å². The Morgan fingerprint density at radius 1 is 0.677 bits per heavy atom. The predicted molar refractivity (Wildman–Crippen MR) is 231 cm³/mol. The van der Waals surface area contributed by atoms with Crippen LogP contribution in [-0.4, -0.2) is 87.1 Å². The number of nitrogens with zero attached hydrogens (tertiary/aromatic N) is 4. The molecule has 2 aliphatic rings. The number of hydrogen-bond acceptors (Lipinski definition) is 8. The van der Waals surface area contributed by atoms with Gasteiger partial charge in [-0.3, -0.25) is 9.59 Å². The number of likely N-dealkylation sites (tertiary alicyclic amines) is 2. The first-order valence-corrected chi connectivity index (χ1v) is 20.8. The molecule has 0 radical (unpaired) electrons. The lowest BCUT2D eigenvalue weighted by Gasteiger charge is -2.30. The van der Waals surface area contributed by atoms with Crippen molar-refractivity contribution >= 4 is 34.8 Å². The van der Waals surface area contributed by atoms with Crippen LogP contribution in [0.5, 0.6) is 0 Å². The number of ether oxygens (including phenoxy) is 2. The molecule has 320 valence electrons. The molecule has 2 fully saturated rings. The molecule has 4 aromatic carbocycles. The Morgan fingerprint density at radius 2 is 1.19 bits per heavy atom. The van der Waals surface area contributed by atoms with Crippen LogP contribution in [0.25, 0.3) is 44.4 Å². The van der Waals surface area contributed by atoms with Gasteiger partial charge in [-0.1, -0.05) is 80.6 Å². The molecule has 4 heterocycles. The summed E-state index contributed by atoms with van der Waals surface area (Å²) in [7, 11) is 2.48. The molecule has 62 heavy (non-hydrogen) atoms. The summed E-state index contributed by atoms with van der Waals surface area (Å²) in [5.74, 6) is 0.0192. The van der Waals surface area contributed by atoms with Crippen molar-refractivity contribution in [3.8, 4) is 33.6 Å². The highest BCUT2D eigenvalue weighted by atomic mass is 19.1. The third-order valence-electron chi connectivity index (χ3n) is 11.9. The third kappa shape index (κ3) is 8.47. The fourth-order valence-electron chi connectivity index (χ4n) is 8.57. The number of H-pyrrole nitrogens is 2. The maximum Gasteiger partial charge on any atom is 0.407 e. The van der Waals surface area contributed by atoms with Gasteiger partial charge in [-0.25, -0.2) is 23.9 Å². The zero-order valence-corrected chi connectivity index (χ0v) is 35.0. The van der Waals surface area contributed by atoms with Gasteiger partial charge >= 0.3 is 12.2 Å². The SMILES string of the molecule is COC(=O)NC(C(=O)N1CCC[C@H]1c1ncc(-c2ccc3cc(-c4ccc(-c5cnc([C@@H]6CCCN6C(=O)[C@H](NC(=O)OC)c6ccccc6F)[nH]5)cc4)ccc3c2)[nH]1)C(C)C. The fraction of sp³-hybridized carbons (Fsp3) is 0.319. The maximum atomic E-state index is 14.9. The number of imidazole rings is 2. The Hall–Kier alpha value is -7.03. The number of carbonyl (C=O) groups is 4. The molecule has 0 saturated carbocycles. The van der Waals surface area contributed by atoms with Crippen LogP contribution >= 0.6 is 0 Å². The van der Waals surface area contributed by atoms with Gasteiger partial charge in [0.25, 0.3) is 5.91 Å². The van der Waals surface area contributed by atoms with Gasteiger partial charge in [0.05, 0.1) is 50.1 Å². The summed E-state index contributed by atoms with van der Waals surface area (Å²) in [5.41, 5.74) is 5.70. The topological polar surface area (TPSA) is 175 Å². The second-order valence-corrected chi connectivity index (χ2v) is 16.0. The van der Waals surface area contributed by atoms with Crippen LogP contribution in [0.2, 0.25) is 0 Å². The summed E-state index contributed by atoms with van der Waals surface area (Å²) in [6.07, 6.45) is 5.08. The second-order valence-electron chi connectivity index (χ2n) is 16.0. The zero-order valence-electron chi connectivity index (χ0n) is 35.0. The van der Waals surface area contributed by atoms with Gasteiger partial charge in [0.15, 0.2) is 0 Å². The van der Waals surface area contributed by atoms with E-state index in [4.69, 9.17) is 14.5 Å². The fourth-order valence-corrected chi connectivity index (χ4v) is 8.57. The molecule has 0 spiro atoms. The van der Waals surface area contributed by atoms with Gasteiger partial charge < -0.3 is 39.9 Å². The van der Waals surface area contributed by atoms with Gasteiger partial charge in [0.1, 0.15) is 29.5 Å². The van der Waals surface area contributed by atoms with Crippen molar-refractivity contribution in [3.05, 3.63) is 120 Å². The quantitative estimate of drug-likeness (QED) is 0.101. The molecule has 2 saturated heterocycles. The highest BCUT2D eigenvalue weighted by molar-refractivity contribution is 5.91. The predicted octanol–water partition coefficient (Wildman–Crippen LogP) is 8.23. The molecule has 14 nitrogen and oxygen atoms in total. The van der Waals surface area contributed by atoms with Crippen LogP contribution in [0.3, 0.4) is 0 Å². The molecule has 0 bridgehead atoms. The van der Waals surface area contributed by atoms with E-state index in [1.165, 1.54) is 32.4 Å². The van der Waals surface area contributed by atoms with Gasteiger partial charge in [-0.05, 0) is 77.3 Å². The number of rotatable bonds is 11. The molecule has 0 aliphatic carbocycles. The smallest absolute Gasteiger partial charge is 0.407 e. The van der Waals surface area contributed by atoms with E-state index < -0.39 is 36.0 Å². The van der Waals surface area contributed by atoms with E-state index in [0.29, 0.717) is 31.2 Å². The minimum Gasteiger partial charge on any atom is -0.453 e. The number of amides is 4. The first-order chi connectivity index (χ1) is 30.0. The molecular weight excluding hydrogens is 792 g/mol. The Balaban J connectivity index is 0.946. The lowest BCUT2D eigenvalue weighted by atomic mass is 9.98. The number of fused-ring (bicyclic) bond motifs is 1. The van der Waals surface area contributed by atoms with Gasteiger partial charge in [-0.2, -0.15) is 0 Å². The van der Waals surface area contributed by atoms with E-state index in [2.05, 4.69) is 74.1 Å². The highest BCUT2D eigenvalue weighted by Gasteiger charge is 2.39. The molecule has 2 aliphatic heterocycles. The van der Waals surface area contributed by atoms with Crippen molar-refractivity contribution in [1.82, 2.24) is 40.4 Å². The summed E-state index contributed by atoms with van der Waals surface area (Å²) in [6, 6.07) is 24.1. The number of aromatic amines is 2. The number of aromatic nitrogens is 4. The largest absolute Gasteiger partial charge is 0.453 e. The van der Waals surface area contributed by atoms with Crippen molar-refractivity contribution in [3.63, 3.8) is 0 Å². The number of halogens is 1. The molecular formula is C47H49FN8O6. The number of carbonyl (C=O) groups excluding carboxylic acids is 4. The van der Waals surface area contributed by atoms with Crippen LogP contribution in [0.15, 0.2) is 97.3 Å². The number of hydrogen-bond donors (Lipinski definition) is 4. The average molecular weight is 841 g/mol. The molecule has 8 rings (SSSR count). The highest BCUT2D eigenvalue weighted by Crippen LogP contribution is 2.36. The lowest BCUT2D eigenvalue weighted by molar-refractivity contribution is -0.136. The van der Waals surface area contributed by atoms with Crippen molar-refractivity contribution in [2.45, 2.75) is 63.7 Å². The summed E-state index contributed by atoms with van der Waals surface area (Å²) in [6.45, 7) is 4.81. The van der Waals surface area contributed by atoms with E-state index in [1.807, 2.05) is 26.0 Å². The van der Waals surface area contributed by atoms with E-state index >= 15 is 0 Å². The Bertz CT molecular complexity index is 2610. The molecule has 4 atom stereocenters. The average Bonchev–Trinajstić information content (AvgIpc) is 4.14. The van der Waals surface area contributed by atoms with Crippen LogP contribution < -0.4 is 10.6 Å². The van der Waals surface area contributed by atoms with Crippen LogP contribution in [0, 0.1) is 11.7 Å². The number of benzene rings is 4. The number of methoxy groups -OCH3 is 2. The third-order valence-corrected chi connectivity index (χ3v) is 11.9. The first kappa shape index (κ1) is 41.7. The van der Waals surface area contributed by atoms with Crippen molar-refractivity contribution in [2.24, 2.45) is 5.92 Å². The normalized spacial score (nSPS) is 17.3. The Morgan fingerprint density at radius 3 is 1.79 bits per heavy atom. The molecule has 4 N–H and O–H groups in total. The molecule has 4 amide bonds. The monoisotopic (exact) mass is 840 g/mol. The summed E-state index contributed by atoms with van der Waals surface area (Å²) < 4.78 is 24.4. The van der Waals surface area contributed by atoms with Gasteiger partial charge in [-0.15, -0.1) is 0 Å². The van der Waals surface area contributed by atoms with E-state index in [0.717, 1.165) is 63.7 Å². The van der Waals surface area contributed by atoms with Gasteiger partial charge in [0.2, 0.25) is 5.91 Å². The maximum absolute atomic E-state index is 14.9. The molecule has 2 aromatic heterocycles. The Kier molecular flexibility index (Phi) is 12.0. The van der Waals surface area contributed by atoms with E-state index in [1.54, 1.807) is 28.3 Å². The van der Waals surface area contributed by atoms with Crippen molar-refractivity contribution < 1.29 is 33.0 Å². The molecule has 6 aromatic rings. The van der Waals surface area contributed by atoms with Crippen molar-refractivity contribution in [2.75, 3.05) is 27.3 Å². The lowest BCUT2D eigenvalue weighted by Crippen LogP contribution is -2.51. The number of alkyl carbamates (subject to hydrolysis) is 2.